The number of aromatic nitrogens is 4. The Hall–Kier alpha value is -2.39. The number of nitrogens with zero attached hydrogens (tertiary/aromatic N) is 4. The number of benzene rings is 1. The minimum atomic E-state index is -0.339. The van der Waals surface area contributed by atoms with E-state index < -0.39 is 0 Å². The summed E-state index contributed by atoms with van der Waals surface area (Å²) in [4.78, 5) is 16.7. The van der Waals surface area contributed by atoms with Crippen molar-refractivity contribution in [2.45, 2.75) is 37.7 Å². The van der Waals surface area contributed by atoms with Gasteiger partial charge in [0.25, 0.3) is 0 Å². The van der Waals surface area contributed by atoms with Crippen molar-refractivity contribution in [1.29, 1.82) is 0 Å². The van der Waals surface area contributed by atoms with Crippen LogP contribution in [0.25, 0.3) is 11.4 Å². The Kier molecular flexibility index (Phi) is 6.12. The molecule has 0 aliphatic heterocycles. The number of thiazole rings is 1. The number of carbonyl (C=O) groups excluding carboxylic acids is 1. The predicted molar refractivity (Wildman–Crippen MR) is 108 cm³/mol. The lowest BCUT2D eigenvalue weighted by Gasteiger charge is -2.12. The van der Waals surface area contributed by atoms with E-state index in [4.69, 9.17) is 4.74 Å². The highest BCUT2D eigenvalue weighted by molar-refractivity contribution is 8.00. The number of aryl methyl sites for hydroxylation is 1. The van der Waals surface area contributed by atoms with Gasteiger partial charge in [0, 0.05) is 11.9 Å². The molecule has 1 amide bonds. The third-order valence-electron chi connectivity index (χ3n) is 3.88. The summed E-state index contributed by atoms with van der Waals surface area (Å²) in [7, 11) is 1.63. The predicted octanol–water partition coefficient (Wildman–Crippen LogP) is 3.86. The number of anilines is 1. The number of para-hydroxylation sites is 1. The van der Waals surface area contributed by atoms with E-state index in [1.54, 1.807) is 7.11 Å². The topological polar surface area (TPSA) is 81.9 Å². The van der Waals surface area contributed by atoms with Gasteiger partial charge in [-0.2, -0.15) is 0 Å². The van der Waals surface area contributed by atoms with Gasteiger partial charge in [0.15, 0.2) is 16.1 Å². The quantitative estimate of drug-likeness (QED) is 0.603. The summed E-state index contributed by atoms with van der Waals surface area (Å²) in [6.07, 6.45) is 0. The van der Waals surface area contributed by atoms with Crippen molar-refractivity contribution >= 4 is 34.1 Å². The number of ether oxygens (including phenoxy) is 1. The molecule has 0 saturated heterocycles. The van der Waals surface area contributed by atoms with Crippen molar-refractivity contribution in [3.05, 3.63) is 35.3 Å². The van der Waals surface area contributed by atoms with E-state index in [2.05, 4.69) is 20.5 Å². The molecule has 2 heterocycles. The lowest BCUT2D eigenvalue weighted by molar-refractivity contribution is -0.115. The van der Waals surface area contributed by atoms with Gasteiger partial charge in [0.05, 0.1) is 23.6 Å². The summed E-state index contributed by atoms with van der Waals surface area (Å²) in [5.41, 5.74) is 1.76. The van der Waals surface area contributed by atoms with E-state index in [0.29, 0.717) is 16.8 Å². The molecule has 142 valence electrons. The van der Waals surface area contributed by atoms with Crippen molar-refractivity contribution in [2.24, 2.45) is 0 Å². The lowest BCUT2D eigenvalue weighted by atomic mass is 10.2. The van der Waals surface area contributed by atoms with Crippen LogP contribution in [0.2, 0.25) is 0 Å². The standard InChI is InChI=1S/C18H21N5O2S2/c1-5-23-15(13-8-6-7-9-14(13)25-4)21-22-18(23)27-12(3)16(24)20-17-19-11(2)10-26-17/h6-10,12H,5H2,1-4H3,(H,19,20,24)/t12-/m0/s1. The van der Waals surface area contributed by atoms with Crippen molar-refractivity contribution in [1.82, 2.24) is 19.7 Å². The van der Waals surface area contributed by atoms with Crippen LogP contribution in [0.1, 0.15) is 19.5 Å². The van der Waals surface area contributed by atoms with Crippen LogP contribution in [0.4, 0.5) is 5.13 Å². The van der Waals surface area contributed by atoms with E-state index >= 15 is 0 Å². The maximum Gasteiger partial charge on any atom is 0.239 e. The Balaban J connectivity index is 1.79. The molecule has 9 heteroatoms. The fraction of sp³-hybridized carbons (Fsp3) is 0.333. The second-order valence-corrected chi connectivity index (χ2v) is 7.96. The summed E-state index contributed by atoms with van der Waals surface area (Å²) in [5, 5.41) is 14.3. The summed E-state index contributed by atoms with van der Waals surface area (Å²) in [5.74, 6) is 1.35. The van der Waals surface area contributed by atoms with Gasteiger partial charge in [-0.05, 0) is 32.9 Å². The Morgan fingerprint density at radius 2 is 2.15 bits per heavy atom. The Bertz CT molecular complexity index is 937. The van der Waals surface area contributed by atoms with E-state index in [1.807, 2.05) is 55.0 Å². The first kappa shape index (κ1) is 19.4. The zero-order valence-electron chi connectivity index (χ0n) is 15.6. The van der Waals surface area contributed by atoms with E-state index in [0.717, 1.165) is 22.8 Å². The molecule has 0 aliphatic carbocycles. The summed E-state index contributed by atoms with van der Waals surface area (Å²) in [6, 6.07) is 7.69. The van der Waals surface area contributed by atoms with Gasteiger partial charge < -0.3 is 14.6 Å². The third kappa shape index (κ3) is 4.30. The number of hydrogen-bond donors (Lipinski definition) is 1. The smallest absolute Gasteiger partial charge is 0.239 e. The number of amides is 1. The molecule has 3 aromatic rings. The lowest BCUT2D eigenvalue weighted by Crippen LogP contribution is -2.22. The Labute approximate surface area is 166 Å². The Morgan fingerprint density at radius 1 is 1.37 bits per heavy atom. The minimum absolute atomic E-state index is 0.112. The Morgan fingerprint density at radius 3 is 2.81 bits per heavy atom. The van der Waals surface area contributed by atoms with Gasteiger partial charge in [0.2, 0.25) is 5.91 Å². The van der Waals surface area contributed by atoms with E-state index in [9.17, 15) is 4.79 Å². The van der Waals surface area contributed by atoms with Gasteiger partial charge >= 0.3 is 0 Å². The maximum atomic E-state index is 12.5. The molecular formula is C18H21N5O2S2. The summed E-state index contributed by atoms with van der Waals surface area (Å²) < 4.78 is 7.42. The van der Waals surface area contributed by atoms with Crippen LogP contribution in [0.15, 0.2) is 34.8 Å². The van der Waals surface area contributed by atoms with E-state index in [-0.39, 0.29) is 11.2 Å². The first-order chi connectivity index (χ1) is 13.0. The molecule has 1 atom stereocenters. The largest absolute Gasteiger partial charge is 0.496 e. The maximum absolute atomic E-state index is 12.5. The van der Waals surface area contributed by atoms with Crippen LogP contribution in [-0.4, -0.2) is 38.0 Å². The average molecular weight is 404 g/mol. The van der Waals surface area contributed by atoms with Crippen LogP contribution in [0, 0.1) is 6.92 Å². The zero-order valence-corrected chi connectivity index (χ0v) is 17.2. The number of nitrogens with one attached hydrogen (secondary N) is 1. The highest BCUT2D eigenvalue weighted by Gasteiger charge is 2.22. The van der Waals surface area contributed by atoms with Crippen LogP contribution in [-0.2, 0) is 11.3 Å². The van der Waals surface area contributed by atoms with Crippen LogP contribution in [0.5, 0.6) is 5.75 Å². The van der Waals surface area contributed by atoms with Gasteiger partial charge in [0.1, 0.15) is 5.75 Å². The number of thioether (sulfide) groups is 1. The molecule has 0 unspecified atom stereocenters. The highest BCUT2D eigenvalue weighted by atomic mass is 32.2. The van der Waals surface area contributed by atoms with Gasteiger partial charge in [-0.1, -0.05) is 23.9 Å². The molecule has 0 aliphatic rings. The third-order valence-corrected chi connectivity index (χ3v) is 5.84. The fourth-order valence-corrected chi connectivity index (χ4v) is 4.12. The molecule has 3 rings (SSSR count). The molecule has 0 saturated carbocycles. The number of hydrogen-bond acceptors (Lipinski definition) is 7. The summed E-state index contributed by atoms with van der Waals surface area (Å²) >= 11 is 2.79. The van der Waals surface area contributed by atoms with Crippen LogP contribution >= 0.6 is 23.1 Å². The van der Waals surface area contributed by atoms with Gasteiger partial charge in [-0.15, -0.1) is 21.5 Å². The molecule has 0 radical (unpaired) electrons. The number of carbonyl (C=O) groups is 1. The van der Waals surface area contributed by atoms with Crippen molar-refractivity contribution in [3.63, 3.8) is 0 Å². The highest BCUT2D eigenvalue weighted by Crippen LogP contribution is 2.32. The normalized spacial score (nSPS) is 12.0. The molecule has 7 nitrogen and oxygen atoms in total. The molecule has 0 spiro atoms. The molecule has 1 N–H and O–H groups in total. The molecular weight excluding hydrogens is 382 g/mol. The van der Waals surface area contributed by atoms with Gasteiger partial charge in [-0.25, -0.2) is 4.98 Å². The summed E-state index contributed by atoms with van der Waals surface area (Å²) in [6.45, 7) is 6.45. The number of methoxy groups -OCH3 is 1. The molecule has 1 aromatic carbocycles. The van der Waals surface area contributed by atoms with Gasteiger partial charge in [-0.3, -0.25) is 4.79 Å². The molecule has 2 aromatic heterocycles. The average Bonchev–Trinajstić information content (AvgIpc) is 3.27. The van der Waals surface area contributed by atoms with Crippen molar-refractivity contribution in [2.75, 3.05) is 12.4 Å². The van der Waals surface area contributed by atoms with Crippen molar-refractivity contribution < 1.29 is 9.53 Å². The monoisotopic (exact) mass is 403 g/mol. The second-order valence-electron chi connectivity index (χ2n) is 5.79. The molecule has 27 heavy (non-hydrogen) atoms. The second kappa shape index (κ2) is 8.53. The SMILES string of the molecule is CCn1c(S[C@@H](C)C(=O)Nc2nc(C)cs2)nnc1-c1ccccc1OC. The minimum Gasteiger partial charge on any atom is -0.496 e. The van der Waals surface area contributed by atoms with Crippen LogP contribution < -0.4 is 10.1 Å². The van der Waals surface area contributed by atoms with E-state index in [1.165, 1.54) is 23.1 Å². The first-order valence-electron chi connectivity index (χ1n) is 8.49. The molecule has 0 bridgehead atoms. The molecule has 0 fully saturated rings. The zero-order chi connectivity index (χ0) is 19.4. The van der Waals surface area contributed by atoms with Crippen LogP contribution in [0.3, 0.4) is 0 Å². The number of rotatable bonds is 7. The first-order valence-corrected chi connectivity index (χ1v) is 10.3. The van der Waals surface area contributed by atoms with Crippen molar-refractivity contribution in [3.8, 4) is 17.1 Å². The fourth-order valence-electron chi connectivity index (χ4n) is 2.52.